The van der Waals surface area contributed by atoms with Gasteiger partial charge in [0.15, 0.2) is 23.3 Å². The fourth-order valence-electron chi connectivity index (χ4n) is 0.838. The van der Waals surface area contributed by atoms with Crippen molar-refractivity contribution in [2.75, 3.05) is 5.48 Å². The van der Waals surface area contributed by atoms with E-state index in [-0.39, 0.29) is 0 Å². The zero-order valence-electron chi connectivity index (χ0n) is 8.66. The van der Waals surface area contributed by atoms with Crippen LogP contribution in [0.25, 0.3) is 0 Å². The van der Waals surface area contributed by atoms with Gasteiger partial charge in [0.05, 0.1) is 0 Å². The standard InChI is InChI=1S/C7HF8NO3S/c8-1-2(9)4(11)6(5(12)3(1)10)16-19-20(17,18)7(13,14)15/h16H. The molecule has 0 atom stereocenters. The molecule has 1 N–H and O–H groups in total. The molecule has 1 rings (SSSR count). The molecule has 0 bridgehead atoms. The van der Waals surface area contributed by atoms with Crippen molar-refractivity contribution in [3.05, 3.63) is 29.1 Å². The third kappa shape index (κ3) is 2.77. The molecule has 114 valence electrons. The van der Waals surface area contributed by atoms with E-state index in [9.17, 15) is 43.5 Å². The molecule has 0 spiro atoms. The van der Waals surface area contributed by atoms with Crippen LogP contribution in [0.3, 0.4) is 0 Å². The summed E-state index contributed by atoms with van der Waals surface area (Å²) in [5.74, 6) is -12.8. The Labute approximate surface area is 105 Å². The van der Waals surface area contributed by atoms with Crippen molar-refractivity contribution in [2.24, 2.45) is 0 Å². The van der Waals surface area contributed by atoms with Gasteiger partial charge in [-0.2, -0.15) is 21.6 Å². The Kier molecular flexibility index (Phi) is 4.14. The number of rotatable bonds is 3. The van der Waals surface area contributed by atoms with Crippen LogP contribution in [0.2, 0.25) is 0 Å². The molecule has 0 fully saturated rings. The lowest BCUT2D eigenvalue weighted by Gasteiger charge is -2.11. The molecule has 0 aromatic heterocycles. The van der Waals surface area contributed by atoms with Crippen molar-refractivity contribution in [1.82, 2.24) is 0 Å². The summed E-state index contributed by atoms with van der Waals surface area (Å²) in [4.78, 5) is 0. The molecule has 13 heteroatoms. The zero-order chi connectivity index (χ0) is 15.9. The van der Waals surface area contributed by atoms with Gasteiger partial charge in [-0.25, -0.2) is 27.4 Å². The van der Waals surface area contributed by atoms with Gasteiger partial charge in [-0.3, -0.25) is 0 Å². The number of hydrogen-bond donors (Lipinski definition) is 1. The second-order valence-electron chi connectivity index (χ2n) is 3.03. The van der Waals surface area contributed by atoms with Gasteiger partial charge in [0.1, 0.15) is 5.69 Å². The zero-order valence-corrected chi connectivity index (χ0v) is 9.47. The van der Waals surface area contributed by atoms with Gasteiger partial charge < -0.3 is 0 Å². The number of alkyl halides is 3. The number of nitrogens with one attached hydrogen (secondary N) is 1. The van der Waals surface area contributed by atoms with Gasteiger partial charge in [-0.15, -0.1) is 4.28 Å². The van der Waals surface area contributed by atoms with Crippen LogP contribution < -0.4 is 5.48 Å². The van der Waals surface area contributed by atoms with Crippen molar-refractivity contribution in [2.45, 2.75) is 5.51 Å². The topological polar surface area (TPSA) is 55.4 Å². The fraction of sp³-hybridized carbons (Fsp3) is 0.143. The first-order valence-electron chi connectivity index (χ1n) is 4.17. The fourth-order valence-corrected chi connectivity index (χ4v) is 1.13. The highest BCUT2D eigenvalue weighted by Crippen LogP contribution is 2.29. The van der Waals surface area contributed by atoms with Crippen LogP contribution in [-0.4, -0.2) is 13.9 Å². The van der Waals surface area contributed by atoms with E-state index in [1.807, 2.05) is 0 Å². The molecule has 0 saturated heterocycles. The Morgan fingerprint density at radius 1 is 0.800 bits per heavy atom. The van der Waals surface area contributed by atoms with E-state index < -0.39 is 50.4 Å². The first kappa shape index (κ1) is 16.4. The average Bonchev–Trinajstić information content (AvgIpc) is 2.32. The molecule has 0 radical (unpaired) electrons. The minimum atomic E-state index is -6.35. The van der Waals surface area contributed by atoms with Gasteiger partial charge >= 0.3 is 15.6 Å². The van der Waals surface area contributed by atoms with Crippen LogP contribution in [0.1, 0.15) is 0 Å². The van der Waals surface area contributed by atoms with Crippen molar-refractivity contribution in [1.29, 1.82) is 0 Å². The Balaban J connectivity index is 3.19. The highest BCUT2D eigenvalue weighted by atomic mass is 32.2. The van der Waals surface area contributed by atoms with E-state index in [4.69, 9.17) is 0 Å². The smallest absolute Gasteiger partial charge is 0.243 e. The summed E-state index contributed by atoms with van der Waals surface area (Å²) in [5.41, 5.74) is -7.52. The SMILES string of the molecule is O=S(=O)(ONc1c(F)c(F)c(F)c(F)c1F)C(F)(F)F. The van der Waals surface area contributed by atoms with E-state index in [1.165, 1.54) is 0 Å². The number of anilines is 1. The molecular weight excluding hydrogens is 330 g/mol. The molecule has 0 aliphatic rings. The second kappa shape index (κ2) is 5.05. The molecule has 0 aliphatic carbocycles. The molecular formula is C7HF8NO3S. The molecule has 20 heavy (non-hydrogen) atoms. The maximum absolute atomic E-state index is 12.9. The van der Waals surface area contributed by atoms with Gasteiger partial charge in [-0.1, -0.05) is 0 Å². The lowest BCUT2D eigenvalue weighted by atomic mass is 10.2. The van der Waals surface area contributed by atoms with Crippen molar-refractivity contribution < 1.29 is 47.8 Å². The van der Waals surface area contributed by atoms with Crippen LogP contribution in [0.5, 0.6) is 0 Å². The molecule has 1 aromatic carbocycles. The predicted molar refractivity (Wildman–Crippen MR) is 45.9 cm³/mol. The Morgan fingerprint density at radius 2 is 1.15 bits per heavy atom. The predicted octanol–water partition coefficient (Wildman–Crippen LogP) is 2.58. The number of halogens is 8. The van der Waals surface area contributed by atoms with Crippen molar-refractivity contribution in [3.63, 3.8) is 0 Å². The molecule has 0 unspecified atom stereocenters. The van der Waals surface area contributed by atoms with Crippen LogP contribution in [0.15, 0.2) is 0 Å². The van der Waals surface area contributed by atoms with Crippen LogP contribution in [-0.2, 0) is 14.4 Å². The Morgan fingerprint density at radius 3 is 1.50 bits per heavy atom. The number of benzene rings is 1. The Hall–Kier alpha value is -1.63. The van der Waals surface area contributed by atoms with E-state index in [1.54, 1.807) is 0 Å². The third-order valence-corrected chi connectivity index (χ3v) is 2.62. The van der Waals surface area contributed by atoms with Crippen LogP contribution in [0.4, 0.5) is 40.8 Å². The summed E-state index contributed by atoms with van der Waals surface area (Å²) in [5, 5.41) is 0. The van der Waals surface area contributed by atoms with E-state index in [2.05, 4.69) is 4.28 Å². The monoisotopic (exact) mass is 331 g/mol. The molecule has 0 heterocycles. The third-order valence-electron chi connectivity index (χ3n) is 1.75. The summed E-state index contributed by atoms with van der Waals surface area (Å²) in [7, 11) is -6.35. The number of hydrogen-bond acceptors (Lipinski definition) is 4. The van der Waals surface area contributed by atoms with Crippen molar-refractivity contribution >= 4 is 15.8 Å². The maximum Gasteiger partial charge on any atom is 0.525 e. The van der Waals surface area contributed by atoms with Gasteiger partial charge in [0.25, 0.3) is 0 Å². The maximum atomic E-state index is 12.9. The largest absolute Gasteiger partial charge is 0.525 e. The molecule has 0 saturated carbocycles. The summed E-state index contributed by atoms with van der Waals surface area (Å²) in [6, 6.07) is 0. The summed E-state index contributed by atoms with van der Waals surface area (Å²) in [6.45, 7) is 0. The van der Waals surface area contributed by atoms with Crippen LogP contribution >= 0.6 is 0 Å². The minimum Gasteiger partial charge on any atom is -0.243 e. The second-order valence-corrected chi connectivity index (χ2v) is 4.57. The quantitative estimate of drug-likeness (QED) is 0.304. The van der Waals surface area contributed by atoms with E-state index in [0.29, 0.717) is 5.48 Å². The molecule has 4 nitrogen and oxygen atoms in total. The molecule has 1 aromatic rings. The lowest BCUT2D eigenvalue weighted by molar-refractivity contribution is -0.0527. The highest BCUT2D eigenvalue weighted by molar-refractivity contribution is 7.87. The summed E-state index contributed by atoms with van der Waals surface area (Å²) >= 11 is 0. The normalized spacial score (nSPS) is 12.6. The first-order valence-corrected chi connectivity index (χ1v) is 5.58. The van der Waals surface area contributed by atoms with E-state index in [0.717, 1.165) is 0 Å². The van der Waals surface area contributed by atoms with Crippen LogP contribution in [0, 0.1) is 29.1 Å². The Bertz CT molecular complexity index is 611. The molecule has 0 aliphatic heterocycles. The van der Waals surface area contributed by atoms with Gasteiger partial charge in [-0.05, 0) is 0 Å². The summed E-state index contributed by atoms with van der Waals surface area (Å²) in [6.07, 6.45) is 0. The molecule has 0 amide bonds. The lowest BCUT2D eigenvalue weighted by Crippen LogP contribution is -2.28. The van der Waals surface area contributed by atoms with E-state index >= 15 is 0 Å². The van der Waals surface area contributed by atoms with Gasteiger partial charge in [0, 0.05) is 0 Å². The van der Waals surface area contributed by atoms with Crippen molar-refractivity contribution in [3.8, 4) is 0 Å². The summed E-state index contributed by atoms with van der Waals surface area (Å²) < 4.78 is 123. The first-order chi connectivity index (χ1) is 8.90. The minimum absolute atomic E-state index is 0.532. The average molecular weight is 331 g/mol. The highest BCUT2D eigenvalue weighted by Gasteiger charge is 2.48. The van der Waals surface area contributed by atoms with Gasteiger partial charge in [0.2, 0.25) is 5.82 Å².